The first kappa shape index (κ1) is 16.2. The summed E-state index contributed by atoms with van der Waals surface area (Å²) in [7, 11) is 1.95. The van der Waals surface area contributed by atoms with Gasteiger partial charge in [0.2, 0.25) is 0 Å². The summed E-state index contributed by atoms with van der Waals surface area (Å²) in [5.41, 5.74) is 4.24. The summed E-state index contributed by atoms with van der Waals surface area (Å²) in [4.78, 5) is 14.6. The summed E-state index contributed by atoms with van der Waals surface area (Å²) < 4.78 is 0. The van der Waals surface area contributed by atoms with E-state index in [1.807, 2.05) is 31.9 Å². The normalized spacial score (nSPS) is 22.6. The van der Waals surface area contributed by atoms with Crippen LogP contribution in [0, 0.1) is 20.8 Å². The Bertz CT molecular complexity index is 524. The number of hydrogen-bond acceptors (Lipinski definition) is 3. The minimum atomic E-state index is -0.294. The first-order valence-electron chi connectivity index (χ1n) is 7.89. The van der Waals surface area contributed by atoms with E-state index >= 15 is 0 Å². The van der Waals surface area contributed by atoms with Crippen molar-refractivity contribution >= 4 is 5.78 Å². The topological polar surface area (TPSA) is 40.5 Å². The van der Waals surface area contributed by atoms with E-state index in [9.17, 15) is 9.90 Å². The monoisotopic (exact) mass is 289 g/mol. The molecule has 1 saturated carbocycles. The zero-order valence-electron chi connectivity index (χ0n) is 13.6. The predicted molar refractivity (Wildman–Crippen MR) is 85.9 cm³/mol. The Morgan fingerprint density at radius 3 is 2.43 bits per heavy atom. The van der Waals surface area contributed by atoms with Gasteiger partial charge in [-0.05, 0) is 63.4 Å². The second-order valence-corrected chi connectivity index (χ2v) is 6.51. The number of Topliss-reactive ketones (excluding diaryl/α,β-unsaturated/α-hetero) is 1. The van der Waals surface area contributed by atoms with Gasteiger partial charge in [0, 0.05) is 11.6 Å². The third kappa shape index (κ3) is 3.72. The Morgan fingerprint density at radius 1 is 1.14 bits per heavy atom. The van der Waals surface area contributed by atoms with Crippen molar-refractivity contribution < 1.29 is 9.90 Å². The molecule has 116 valence electrons. The van der Waals surface area contributed by atoms with Crippen LogP contribution in [-0.2, 0) is 0 Å². The molecule has 0 aliphatic heterocycles. The van der Waals surface area contributed by atoms with Crippen LogP contribution in [0.15, 0.2) is 12.1 Å². The number of hydrogen-bond donors (Lipinski definition) is 1. The van der Waals surface area contributed by atoms with E-state index in [1.165, 1.54) is 5.56 Å². The molecule has 0 saturated heterocycles. The maximum atomic E-state index is 12.6. The standard InChI is InChI=1S/C18H27NO2/c1-12-9-14(3)15(10-13(12)2)18(21)11-19(4)16-7-5-6-8-17(16)20/h9-10,16-17,20H,5-8,11H2,1-4H3. The molecule has 0 radical (unpaired) electrons. The predicted octanol–water partition coefficient (Wildman–Crippen LogP) is 3.03. The maximum absolute atomic E-state index is 12.6. The Morgan fingerprint density at radius 2 is 1.76 bits per heavy atom. The smallest absolute Gasteiger partial charge is 0.177 e. The summed E-state index contributed by atoms with van der Waals surface area (Å²) in [6, 6.07) is 4.20. The van der Waals surface area contributed by atoms with Gasteiger partial charge in [-0.15, -0.1) is 0 Å². The van der Waals surface area contributed by atoms with E-state index in [4.69, 9.17) is 0 Å². The van der Waals surface area contributed by atoms with E-state index in [0.29, 0.717) is 6.54 Å². The highest BCUT2D eigenvalue weighted by atomic mass is 16.3. The van der Waals surface area contributed by atoms with Crippen LogP contribution in [0.3, 0.4) is 0 Å². The Kier molecular flexibility index (Phi) is 5.17. The average Bonchev–Trinajstić information content (AvgIpc) is 2.43. The lowest BCUT2D eigenvalue weighted by Crippen LogP contribution is -2.45. The van der Waals surface area contributed by atoms with Crippen LogP contribution in [0.4, 0.5) is 0 Å². The molecule has 3 heteroatoms. The molecule has 0 bridgehead atoms. The Labute approximate surface area is 128 Å². The summed E-state index contributed by atoms with van der Waals surface area (Å²) in [6.07, 6.45) is 3.78. The molecule has 1 aromatic carbocycles. The van der Waals surface area contributed by atoms with Crippen molar-refractivity contribution in [2.75, 3.05) is 13.6 Å². The molecule has 2 atom stereocenters. The number of likely N-dealkylation sites (N-methyl/N-ethyl adjacent to an activating group) is 1. The zero-order valence-corrected chi connectivity index (χ0v) is 13.6. The first-order valence-corrected chi connectivity index (χ1v) is 7.89. The molecule has 2 rings (SSSR count). The molecule has 1 aliphatic rings. The van der Waals surface area contributed by atoms with Crippen molar-refractivity contribution in [3.8, 4) is 0 Å². The van der Waals surface area contributed by atoms with Gasteiger partial charge >= 0.3 is 0 Å². The average molecular weight is 289 g/mol. The van der Waals surface area contributed by atoms with Crippen LogP contribution in [0.2, 0.25) is 0 Å². The van der Waals surface area contributed by atoms with Crippen LogP contribution in [-0.4, -0.2) is 41.5 Å². The number of aliphatic hydroxyl groups is 1. The summed E-state index contributed by atoms with van der Waals surface area (Å²) in [6.45, 7) is 6.49. The number of aryl methyl sites for hydroxylation is 3. The van der Waals surface area contributed by atoms with Crippen LogP contribution in [0.1, 0.15) is 52.7 Å². The highest BCUT2D eigenvalue weighted by Gasteiger charge is 2.28. The lowest BCUT2D eigenvalue weighted by Gasteiger charge is -2.34. The minimum Gasteiger partial charge on any atom is -0.391 e. The van der Waals surface area contributed by atoms with Gasteiger partial charge in [-0.1, -0.05) is 18.9 Å². The number of carbonyl (C=O) groups excluding carboxylic acids is 1. The van der Waals surface area contributed by atoms with Crippen LogP contribution in [0.5, 0.6) is 0 Å². The van der Waals surface area contributed by atoms with Crippen LogP contribution < -0.4 is 0 Å². The van der Waals surface area contributed by atoms with E-state index < -0.39 is 0 Å². The molecule has 0 aromatic heterocycles. The highest BCUT2D eigenvalue weighted by molar-refractivity contribution is 5.99. The number of benzene rings is 1. The minimum absolute atomic E-state index is 0.120. The number of nitrogens with zero attached hydrogens (tertiary/aromatic N) is 1. The highest BCUT2D eigenvalue weighted by Crippen LogP contribution is 2.23. The Balaban J connectivity index is 2.09. The van der Waals surface area contributed by atoms with E-state index in [-0.39, 0.29) is 17.9 Å². The first-order chi connectivity index (χ1) is 9.90. The quantitative estimate of drug-likeness (QED) is 0.866. The van der Waals surface area contributed by atoms with E-state index in [0.717, 1.165) is 42.4 Å². The molecule has 1 fully saturated rings. The summed E-state index contributed by atoms with van der Waals surface area (Å²) in [5, 5.41) is 10.1. The summed E-state index contributed by atoms with van der Waals surface area (Å²) in [5.74, 6) is 0.149. The van der Waals surface area contributed by atoms with Crippen molar-refractivity contribution in [1.82, 2.24) is 4.90 Å². The fourth-order valence-corrected chi connectivity index (χ4v) is 3.30. The SMILES string of the molecule is Cc1cc(C)c(C(=O)CN(C)C2CCCCC2O)cc1C. The number of aliphatic hydroxyl groups excluding tert-OH is 1. The van der Waals surface area contributed by atoms with Gasteiger partial charge in [0.05, 0.1) is 12.6 Å². The Hall–Kier alpha value is -1.19. The number of ketones is 1. The number of carbonyl (C=O) groups is 1. The van der Waals surface area contributed by atoms with Gasteiger partial charge in [-0.2, -0.15) is 0 Å². The van der Waals surface area contributed by atoms with Gasteiger partial charge in [-0.25, -0.2) is 0 Å². The van der Waals surface area contributed by atoms with Gasteiger partial charge in [0.25, 0.3) is 0 Å². The molecular formula is C18H27NO2. The van der Waals surface area contributed by atoms with Crippen molar-refractivity contribution in [2.24, 2.45) is 0 Å². The van der Waals surface area contributed by atoms with Crippen LogP contribution in [0.25, 0.3) is 0 Å². The molecule has 1 aromatic rings. The lowest BCUT2D eigenvalue weighted by atomic mass is 9.91. The van der Waals surface area contributed by atoms with Crippen molar-refractivity contribution in [1.29, 1.82) is 0 Å². The zero-order chi connectivity index (χ0) is 15.6. The maximum Gasteiger partial charge on any atom is 0.177 e. The van der Waals surface area contributed by atoms with Gasteiger partial charge in [-0.3, -0.25) is 9.69 Å². The van der Waals surface area contributed by atoms with Gasteiger partial charge < -0.3 is 5.11 Å². The second kappa shape index (κ2) is 6.71. The van der Waals surface area contributed by atoms with E-state index in [2.05, 4.69) is 13.0 Å². The molecular weight excluding hydrogens is 262 g/mol. The van der Waals surface area contributed by atoms with Gasteiger partial charge in [0.1, 0.15) is 0 Å². The molecule has 1 N–H and O–H groups in total. The fraction of sp³-hybridized carbons (Fsp3) is 0.611. The number of rotatable bonds is 4. The second-order valence-electron chi connectivity index (χ2n) is 6.51. The van der Waals surface area contributed by atoms with Crippen molar-refractivity contribution in [3.63, 3.8) is 0 Å². The third-order valence-electron chi connectivity index (χ3n) is 4.79. The molecule has 21 heavy (non-hydrogen) atoms. The van der Waals surface area contributed by atoms with Crippen LogP contribution >= 0.6 is 0 Å². The molecule has 0 amide bonds. The van der Waals surface area contributed by atoms with Gasteiger partial charge in [0.15, 0.2) is 5.78 Å². The fourth-order valence-electron chi connectivity index (χ4n) is 3.30. The van der Waals surface area contributed by atoms with Crippen molar-refractivity contribution in [3.05, 3.63) is 34.4 Å². The molecule has 1 aliphatic carbocycles. The van der Waals surface area contributed by atoms with E-state index in [1.54, 1.807) is 0 Å². The molecule has 0 heterocycles. The lowest BCUT2D eigenvalue weighted by molar-refractivity contribution is 0.0322. The molecule has 2 unspecified atom stereocenters. The largest absolute Gasteiger partial charge is 0.391 e. The molecule has 3 nitrogen and oxygen atoms in total. The molecule has 0 spiro atoms. The van der Waals surface area contributed by atoms with Crippen molar-refractivity contribution in [2.45, 2.75) is 58.6 Å². The third-order valence-corrected chi connectivity index (χ3v) is 4.79. The summed E-state index contributed by atoms with van der Waals surface area (Å²) >= 11 is 0.